The van der Waals surface area contributed by atoms with Gasteiger partial charge in [0.2, 0.25) is 0 Å². The number of nitrogens with zero attached hydrogens (tertiary/aromatic N) is 1. The molecule has 3 aromatic carbocycles. The highest BCUT2D eigenvalue weighted by Crippen LogP contribution is 2.53. The number of allylic oxidation sites excluding steroid dienone is 5. The summed E-state index contributed by atoms with van der Waals surface area (Å²) in [6.45, 7) is 28.1. The molecule has 3 aromatic heterocycles. The zero-order valence-corrected chi connectivity index (χ0v) is 49.7. The topological polar surface area (TPSA) is 20.3 Å². The Bertz CT molecular complexity index is 2810. The first-order chi connectivity index (χ1) is 34.0. The Morgan fingerprint density at radius 1 is 0.775 bits per heavy atom. The van der Waals surface area contributed by atoms with Crippen molar-refractivity contribution in [3.63, 3.8) is 0 Å². The monoisotopic (exact) mass is 1060 g/mol. The lowest BCUT2D eigenvalue weighted by molar-refractivity contribution is -0.125. The van der Waals surface area contributed by atoms with E-state index in [0.29, 0.717) is 16.7 Å². The van der Waals surface area contributed by atoms with Gasteiger partial charge in [-0.2, -0.15) is 0 Å². The van der Waals surface area contributed by atoms with E-state index in [1.165, 1.54) is 106 Å². The molecular weight excluding hydrogens is 979 g/mol. The first-order valence-electron chi connectivity index (χ1n) is 26.3. The van der Waals surface area contributed by atoms with Crippen LogP contribution in [0.15, 0.2) is 118 Å². The summed E-state index contributed by atoms with van der Waals surface area (Å²) < 4.78 is 2.59. The van der Waals surface area contributed by atoms with Gasteiger partial charge in [-0.15, -0.1) is 59.3 Å². The van der Waals surface area contributed by atoms with E-state index in [2.05, 4.69) is 166 Å². The molecule has 0 N–H and O–H groups in total. The number of thioether (sulfide) groups is 1. The molecule has 1 amide bonds. The highest BCUT2D eigenvalue weighted by molar-refractivity contribution is 8.08. The lowest BCUT2D eigenvalue weighted by Gasteiger charge is -2.30. The standard InChI is InChI=1S/C63H81NOS6/c1-13-18-26-45(15-3)38-49-34-35-52(69-49)57-50-39-54(70-59(50)56(42(6)32-33-43(7)66)51-40-55(71-60(51)57)62(9,10)47-28-22-20-23-29-47)58(67)53(36-37-63(11,17-5)48-30-24-21-25-31-48)68-44(8)61(65)64(12)41-46(16-4)27-19-14-2/h20-25,28-35,39-40,45-46,66-67H,8,13-19,26-27,36-38,41H2,1-7,9-12H3/b42-32+,43-33-,58-53+. The molecule has 0 bridgehead atoms. The van der Waals surface area contributed by atoms with E-state index in [-0.39, 0.29) is 16.7 Å². The molecule has 0 aliphatic heterocycles. The number of hydrogen-bond donors (Lipinski definition) is 2. The predicted molar refractivity (Wildman–Crippen MR) is 329 cm³/mol. The lowest BCUT2D eigenvalue weighted by atomic mass is 9.76. The van der Waals surface area contributed by atoms with Gasteiger partial charge in [0.1, 0.15) is 0 Å². The maximum absolute atomic E-state index is 14.3. The van der Waals surface area contributed by atoms with Crippen LogP contribution in [0.2, 0.25) is 0 Å². The van der Waals surface area contributed by atoms with E-state index in [9.17, 15) is 4.79 Å². The fourth-order valence-corrected chi connectivity index (χ4v) is 15.3. The van der Waals surface area contributed by atoms with Crippen molar-refractivity contribution in [3.05, 3.63) is 150 Å². The van der Waals surface area contributed by atoms with Crippen molar-refractivity contribution in [3.8, 4) is 10.4 Å². The maximum Gasteiger partial charge on any atom is 0.259 e. The van der Waals surface area contributed by atoms with Gasteiger partial charge in [0.05, 0.1) is 4.91 Å². The molecule has 0 saturated heterocycles. The van der Waals surface area contributed by atoms with Crippen LogP contribution in [0.4, 0.5) is 0 Å². The Kier molecular flexibility index (Phi) is 21.1. The highest BCUT2D eigenvalue weighted by Gasteiger charge is 2.31. The van der Waals surface area contributed by atoms with Crippen molar-refractivity contribution in [2.24, 2.45) is 11.8 Å². The molecule has 71 heavy (non-hydrogen) atoms. The Balaban J connectivity index is 1.59. The van der Waals surface area contributed by atoms with Crippen molar-refractivity contribution >= 4 is 108 Å². The molecule has 0 spiro atoms. The van der Waals surface area contributed by atoms with Crippen LogP contribution in [-0.4, -0.2) is 24.4 Å². The molecule has 8 heteroatoms. The molecule has 6 rings (SSSR count). The number of hydrogen-bond acceptors (Lipinski definition) is 7. The minimum absolute atomic E-state index is 0.00193. The molecule has 6 aromatic rings. The summed E-state index contributed by atoms with van der Waals surface area (Å²) in [4.78, 5) is 25.0. The summed E-state index contributed by atoms with van der Waals surface area (Å²) in [5.41, 5.74) is 6.18. The molecule has 3 unspecified atom stereocenters. The molecule has 380 valence electrons. The Hall–Kier alpha value is -3.24. The van der Waals surface area contributed by atoms with E-state index in [1.54, 1.807) is 0 Å². The highest BCUT2D eigenvalue weighted by atomic mass is 32.2. The van der Waals surface area contributed by atoms with E-state index in [4.69, 9.17) is 25.3 Å². The first kappa shape index (κ1) is 57.0. The molecular formula is C63H81NOS6. The number of likely N-dealkylation sites (N-methyl/N-ethyl adjacent to an activating group) is 1. The average molecular weight is 1060 g/mol. The normalized spacial score (nSPS) is 14.7. The largest absolute Gasteiger partial charge is 0.341 e. The zero-order valence-electron chi connectivity index (χ0n) is 44.7. The molecule has 3 heterocycles. The number of thiophene rings is 3. The van der Waals surface area contributed by atoms with Crippen molar-refractivity contribution in [1.29, 1.82) is 0 Å². The Labute approximate surface area is 456 Å². The molecule has 0 aliphatic carbocycles. The smallest absolute Gasteiger partial charge is 0.259 e. The number of carbonyl (C=O) groups is 1. The Morgan fingerprint density at radius 2 is 1.41 bits per heavy atom. The number of unbranched alkanes of at least 4 members (excludes halogenated alkanes) is 2. The molecule has 0 aliphatic rings. The maximum atomic E-state index is 14.3. The van der Waals surface area contributed by atoms with Crippen molar-refractivity contribution in [2.45, 2.75) is 157 Å². The van der Waals surface area contributed by atoms with Gasteiger partial charge in [-0.3, -0.25) is 4.79 Å². The number of fused-ring (bicyclic) bond motifs is 2. The second-order valence-corrected chi connectivity index (χ2v) is 26.3. The van der Waals surface area contributed by atoms with Crippen LogP contribution in [-0.2, 0) is 22.0 Å². The fourth-order valence-electron chi connectivity index (χ4n) is 9.91. The van der Waals surface area contributed by atoms with Gasteiger partial charge < -0.3 is 4.90 Å². The van der Waals surface area contributed by atoms with Crippen LogP contribution < -0.4 is 0 Å². The van der Waals surface area contributed by atoms with E-state index >= 15 is 0 Å². The van der Waals surface area contributed by atoms with E-state index in [1.807, 2.05) is 52.9 Å². The molecule has 3 atom stereocenters. The summed E-state index contributed by atoms with van der Waals surface area (Å²) >= 11 is 17.6. The van der Waals surface area contributed by atoms with Crippen molar-refractivity contribution < 1.29 is 4.79 Å². The minimum Gasteiger partial charge on any atom is -0.341 e. The summed E-state index contributed by atoms with van der Waals surface area (Å²) in [7, 11) is 1.95. The van der Waals surface area contributed by atoms with Gasteiger partial charge in [-0.25, -0.2) is 0 Å². The van der Waals surface area contributed by atoms with Crippen LogP contribution in [0.3, 0.4) is 0 Å². The number of thiol groups is 2. The number of carbonyl (C=O) groups excluding carboxylic acids is 1. The van der Waals surface area contributed by atoms with Crippen molar-refractivity contribution in [2.75, 3.05) is 13.6 Å². The zero-order chi connectivity index (χ0) is 51.5. The first-order valence-corrected chi connectivity index (χ1v) is 30.5. The van der Waals surface area contributed by atoms with Crippen molar-refractivity contribution in [1.82, 2.24) is 4.90 Å². The number of benzene rings is 3. The quantitative estimate of drug-likeness (QED) is 0.0321. The Morgan fingerprint density at radius 3 is 2.01 bits per heavy atom. The van der Waals surface area contributed by atoms with Crippen LogP contribution in [0.1, 0.15) is 171 Å². The molecule has 0 radical (unpaired) electrons. The van der Waals surface area contributed by atoms with Gasteiger partial charge in [0.15, 0.2) is 0 Å². The predicted octanol–water partition coefficient (Wildman–Crippen LogP) is 20.8. The van der Waals surface area contributed by atoms with Crippen LogP contribution in [0.5, 0.6) is 0 Å². The number of rotatable bonds is 26. The third-order valence-corrected chi connectivity index (χ3v) is 20.8. The van der Waals surface area contributed by atoms with E-state index < -0.39 is 0 Å². The summed E-state index contributed by atoms with van der Waals surface area (Å²) in [5.74, 6) is 1.17. The van der Waals surface area contributed by atoms with Crippen LogP contribution >= 0.6 is 71.0 Å². The van der Waals surface area contributed by atoms with Gasteiger partial charge in [-0.05, 0) is 109 Å². The SMILES string of the molecule is C=C(S/C(CCC(C)(CC)c1ccccc1)=C(/S)c1cc2c(-c3ccc(CC(CC)CCCC)s3)c3sc(C(C)(C)c4ccccc4)cc3c(/C(C)=C/C=C(/C)S)c2s1)C(=O)N(C)CC(CC)CCCC. The van der Waals surface area contributed by atoms with Gasteiger partial charge in [0, 0.05) is 79.6 Å². The summed E-state index contributed by atoms with van der Waals surface area (Å²) in [5, 5.41) is 2.55. The second-order valence-electron chi connectivity index (χ2n) is 20.7. The lowest BCUT2D eigenvalue weighted by Crippen LogP contribution is -2.32. The van der Waals surface area contributed by atoms with Crippen LogP contribution in [0, 0.1) is 11.8 Å². The molecule has 0 fully saturated rings. The number of amides is 1. The third kappa shape index (κ3) is 13.9. The molecule has 2 nitrogen and oxygen atoms in total. The van der Waals surface area contributed by atoms with Gasteiger partial charge >= 0.3 is 0 Å². The van der Waals surface area contributed by atoms with Gasteiger partial charge in [-0.1, -0.05) is 191 Å². The van der Waals surface area contributed by atoms with Crippen LogP contribution in [0.25, 0.3) is 41.1 Å². The fraction of sp³-hybridized carbons (Fsp3) is 0.444. The van der Waals surface area contributed by atoms with Gasteiger partial charge in [0.25, 0.3) is 5.91 Å². The minimum atomic E-state index is -0.202. The second kappa shape index (κ2) is 26.3. The summed E-state index contributed by atoms with van der Waals surface area (Å²) in [6, 6.07) is 31.6. The summed E-state index contributed by atoms with van der Waals surface area (Å²) in [6.07, 6.45) is 17.7. The third-order valence-electron chi connectivity index (χ3n) is 15.0. The van der Waals surface area contributed by atoms with E-state index in [0.717, 1.165) is 71.1 Å². The molecule has 0 saturated carbocycles. The average Bonchev–Trinajstić information content (AvgIpc) is 4.16.